The zero-order valence-electron chi connectivity index (χ0n) is 7.32. The van der Waals surface area contributed by atoms with Gasteiger partial charge in [-0.05, 0) is 6.42 Å². The minimum Gasteiger partial charge on any atom is -0.475 e. The van der Waals surface area contributed by atoms with E-state index in [0.717, 1.165) is 0 Å². The van der Waals surface area contributed by atoms with Gasteiger partial charge in [0.2, 0.25) is 0 Å². The van der Waals surface area contributed by atoms with E-state index < -0.39 is 24.0 Å². The Kier molecular flexibility index (Phi) is 1.95. The number of aromatic carboxylic acids is 1. The summed E-state index contributed by atoms with van der Waals surface area (Å²) in [6.07, 6.45) is -4.43. The molecule has 0 amide bonds. The number of hydrogen-bond donors (Lipinski definition) is 1. The largest absolute Gasteiger partial charge is 0.475 e. The summed E-state index contributed by atoms with van der Waals surface area (Å²) in [5.74, 6) is -1.92. The average molecular weight is 221 g/mol. The van der Waals surface area contributed by atoms with Gasteiger partial charge in [0, 0.05) is 6.42 Å². The highest BCUT2D eigenvalue weighted by molar-refractivity contribution is 5.82. The maximum absolute atomic E-state index is 12.4. The number of aromatic nitrogens is 3. The number of fused-ring (bicyclic) bond motifs is 1. The van der Waals surface area contributed by atoms with Gasteiger partial charge in [0.1, 0.15) is 11.9 Å². The summed E-state index contributed by atoms with van der Waals surface area (Å²) in [7, 11) is 0. The van der Waals surface area contributed by atoms with Gasteiger partial charge in [-0.1, -0.05) is 0 Å². The molecule has 0 saturated carbocycles. The number of carboxylic acids is 1. The summed E-state index contributed by atoms with van der Waals surface area (Å²) < 4.78 is 37.9. The van der Waals surface area contributed by atoms with Crippen molar-refractivity contribution in [1.29, 1.82) is 0 Å². The first-order valence-electron chi connectivity index (χ1n) is 4.15. The van der Waals surface area contributed by atoms with Crippen molar-refractivity contribution in [3.63, 3.8) is 0 Å². The molecule has 1 aliphatic heterocycles. The molecule has 8 heteroatoms. The van der Waals surface area contributed by atoms with E-state index >= 15 is 0 Å². The molecule has 1 aromatic heterocycles. The predicted molar refractivity (Wildman–Crippen MR) is 40.4 cm³/mol. The fraction of sp³-hybridized carbons (Fsp3) is 0.571. The first kappa shape index (κ1) is 9.94. The maximum Gasteiger partial charge on any atom is 0.410 e. The van der Waals surface area contributed by atoms with Crippen molar-refractivity contribution in [3.8, 4) is 0 Å². The molecule has 1 aromatic rings. The van der Waals surface area contributed by atoms with Gasteiger partial charge in [0.25, 0.3) is 5.82 Å². The zero-order valence-corrected chi connectivity index (χ0v) is 7.32. The van der Waals surface area contributed by atoms with Crippen molar-refractivity contribution in [2.24, 2.45) is 0 Å². The van der Waals surface area contributed by atoms with Crippen LogP contribution >= 0.6 is 0 Å². The van der Waals surface area contributed by atoms with E-state index in [9.17, 15) is 18.0 Å². The first-order valence-corrected chi connectivity index (χ1v) is 4.15. The quantitative estimate of drug-likeness (QED) is 0.768. The summed E-state index contributed by atoms with van der Waals surface area (Å²) in [4.78, 5) is 13.9. The monoisotopic (exact) mass is 221 g/mol. The Balaban J connectivity index is 2.38. The highest BCUT2D eigenvalue weighted by atomic mass is 19.4. The van der Waals surface area contributed by atoms with E-state index in [1.165, 1.54) is 0 Å². The van der Waals surface area contributed by atoms with Crippen molar-refractivity contribution in [2.45, 2.75) is 25.1 Å². The van der Waals surface area contributed by atoms with Crippen LogP contribution in [0.3, 0.4) is 0 Å². The van der Waals surface area contributed by atoms with Gasteiger partial charge in [0.15, 0.2) is 0 Å². The third kappa shape index (κ3) is 1.55. The number of carbonyl (C=O) groups is 1. The Morgan fingerprint density at radius 2 is 2.20 bits per heavy atom. The van der Waals surface area contributed by atoms with Gasteiger partial charge >= 0.3 is 12.1 Å². The van der Waals surface area contributed by atoms with Crippen LogP contribution in [0, 0.1) is 0 Å². The van der Waals surface area contributed by atoms with Crippen LogP contribution in [0.4, 0.5) is 13.2 Å². The van der Waals surface area contributed by atoms with Crippen molar-refractivity contribution >= 4 is 5.97 Å². The Hall–Kier alpha value is -1.60. The van der Waals surface area contributed by atoms with E-state index in [2.05, 4.69) is 10.1 Å². The summed E-state index contributed by atoms with van der Waals surface area (Å²) in [6.45, 7) is 0. The first-order chi connectivity index (χ1) is 6.89. The average Bonchev–Trinajstić information content (AvgIpc) is 2.56. The van der Waals surface area contributed by atoms with E-state index in [1.54, 1.807) is 0 Å². The second-order valence-corrected chi connectivity index (χ2v) is 3.20. The van der Waals surface area contributed by atoms with Crippen LogP contribution in [-0.4, -0.2) is 32.0 Å². The smallest absolute Gasteiger partial charge is 0.410 e. The molecule has 5 nitrogen and oxygen atoms in total. The Morgan fingerprint density at radius 1 is 1.53 bits per heavy atom. The van der Waals surface area contributed by atoms with Crippen LogP contribution in [0.5, 0.6) is 0 Å². The molecule has 1 aliphatic rings. The molecule has 15 heavy (non-hydrogen) atoms. The van der Waals surface area contributed by atoms with Crippen LogP contribution in [0.25, 0.3) is 0 Å². The highest BCUT2D eigenvalue weighted by Crippen LogP contribution is 2.38. The van der Waals surface area contributed by atoms with Gasteiger partial charge in [-0.2, -0.15) is 13.2 Å². The van der Waals surface area contributed by atoms with Crippen molar-refractivity contribution < 1.29 is 23.1 Å². The maximum atomic E-state index is 12.4. The summed E-state index contributed by atoms with van der Waals surface area (Å²) in [5.41, 5.74) is 0. The van der Waals surface area contributed by atoms with Crippen molar-refractivity contribution in [3.05, 3.63) is 11.6 Å². The van der Waals surface area contributed by atoms with E-state index in [-0.39, 0.29) is 18.7 Å². The molecule has 1 atom stereocenters. The third-order valence-corrected chi connectivity index (χ3v) is 2.21. The van der Waals surface area contributed by atoms with Gasteiger partial charge in [0.05, 0.1) is 0 Å². The lowest BCUT2D eigenvalue weighted by molar-refractivity contribution is -0.168. The fourth-order valence-corrected chi connectivity index (χ4v) is 1.56. The van der Waals surface area contributed by atoms with Crippen LogP contribution in [-0.2, 0) is 6.42 Å². The molecule has 82 valence electrons. The predicted octanol–water partition coefficient (Wildman–Crippen LogP) is 1.03. The Morgan fingerprint density at radius 3 is 2.73 bits per heavy atom. The third-order valence-electron chi connectivity index (χ3n) is 2.21. The van der Waals surface area contributed by atoms with E-state index in [0.29, 0.717) is 4.68 Å². The molecule has 1 N–H and O–H groups in total. The lowest BCUT2D eigenvalue weighted by Crippen LogP contribution is -2.24. The SMILES string of the molecule is O=C(O)c1nc2n(n1)C(C(F)(F)F)CC2. The van der Waals surface area contributed by atoms with E-state index in [1.807, 2.05) is 0 Å². The minimum absolute atomic E-state index is 0.0784. The number of carboxylic acid groups (broad SMARTS) is 1. The summed E-state index contributed by atoms with van der Waals surface area (Å²) >= 11 is 0. The number of nitrogens with zero attached hydrogens (tertiary/aromatic N) is 3. The summed E-state index contributed by atoms with van der Waals surface area (Å²) in [5, 5.41) is 11.8. The van der Waals surface area contributed by atoms with Crippen LogP contribution in [0.1, 0.15) is 28.9 Å². The van der Waals surface area contributed by atoms with Crippen molar-refractivity contribution in [1.82, 2.24) is 14.8 Å². The fourth-order valence-electron chi connectivity index (χ4n) is 1.56. The second kappa shape index (κ2) is 2.94. The Labute approximate surface area is 81.5 Å². The highest BCUT2D eigenvalue weighted by Gasteiger charge is 2.46. The lowest BCUT2D eigenvalue weighted by Gasteiger charge is -2.14. The van der Waals surface area contributed by atoms with Gasteiger partial charge in [-0.15, -0.1) is 5.10 Å². The van der Waals surface area contributed by atoms with Crippen molar-refractivity contribution in [2.75, 3.05) is 0 Å². The van der Waals surface area contributed by atoms with Crippen LogP contribution in [0.2, 0.25) is 0 Å². The molecule has 1 unspecified atom stereocenters. The van der Waals surface area contributed by atoms with Gasteiger partial charge in [-0.25, -0.2) is 14.5 Å². The normalized spacial score (nSPS) is 20.3. The van der Waals surface area contributed by atoms with Gasteiger partial charge in [-0.3, -0.25) is 0 Å². The molecule has 0 fully saturated rings. The Bertz CT molecular complexity index is 412. The molecular formula is C7H6F3N3O2. The number of halogens is 3. The van der Waals surface area contributed by atoms with Crippen LogP contribution < -0.4 is 0 Å². The molecule has 0 bridgehead atoms. The van der Waals surface area contributed by atoms with Crippen LogP contribution in [0.15, 0.2) is 0 Å². The number of aryl methyl sites for hydroxylation is 1. The molecule has 2 heterocycles. The molecule has 0 spiro atoms. The molecule has 2 rings (SSSR count). The molecule has 0 radical (unpaired) electrons. The molecule has 0 aliphatic carbocycles. The zero-order chi connectivity index (χ0) is 11.2. The molecule has 0 saturated heterocycles. The summed E-state index contributed by atoms with van der Waals surface area (Å²) in [6, 6.07) is -1.74. The molecule has 0 aromatic carbocycles. The second-order valence-electron chi connectivity index (χ2n) is 3.20. The number of hydrogen-bond acceptors (Lipinski definition) is 3. The minimum atomic E-state index is -4.41. The van der Waals surface area contributed by atoms with E-state index in [4.69, 9.17) is 5.11 Å². The standard InChI is InChI=1S/C7H6F3N3O2/c8-7(9,10)3-1-2-4-11-5(6(14)15)12-13(3)4/h3H,1-2H2,(H,14,15). The lowest BCUT2D eigenvalue weighted by atomic mass is 10.2. The van der Waals surface area contributed by atoms with Gasteiger partial charge < -0.3 is 5.11 Å². The number of alkyl halides is 3. The number of rotatable bonds is 1. The molecular weight excluding hydrogens is 215 g/mol. The topological polar surface area (TPSA) is 68.0 Å².